The van der Waals surface area contributed by atoms with E-state index in [4.69, 9.17) is 0 Å². The number of nitrogens with one attached hydrogen (secondary N) is 1. The highest BCUT2D eigenvalue weighted by atomic mass is 19.4. The molecule has 0 amide bonds. The van der Waals surface area contributed by atoms with Gasteiger partial charge >= 0.3 is 6.18 Å². The number of nitrogens with zero attached hydrogens (tertiary/aromatic N) is 5. The number of alkyl halides is 3. The lowest BCUT2D eigenvalue weighted by Gasteiger charge is -2.29. The summed E-state index contributed by atoms with van der Waals surface area (Å²) in [6.45, 7) is -0.0984. The molecule has 2 heterocycles. The van der Waals surface area contributed by atoms with Crippen molar-refractivity contribution in [3.05, 3.63) is 108 Å². The van der Waals surface area contributed by atoms with Gasteiger partial charge in [0.1, 0.15) is 29.9 Å². The maximum Gasteiger partial charge on any atom is 0.416 e. The Kier molecular flexibility index (Phi) is 6.57. The Balaban J connectivity index is 1.41. The second-order valence-corrected chi connectivity index (χ2v) is 8.87. The highest BCUT2D eigenvalue weighted by Gasteiger charge is 2.35. The van der Waals surface area contributed by atoms with Gasteiger partial charge in [-0.25, -0.2) is 18.4 Å². The van der Waals surface area contributed by atoms with E-state index in [-0.39, 0.29) is 25.2 Å². The van der Waals surface area contributed by atoms with Gasteiger partial charge in [0, 0.05) is 29.2 Å². The van der Waals surface area contributed by atoms with Crippen LogP contribution in [0, 0.1) is 11.6 Å². The van der Waals surface area contributed by atoms with Crippen LogP contribution in [0.4, 0.5) is 27.6 Å². The second-order valence-electron chi connectivity index (χ2n) is 8.87. The van der Waals surface area contributed by atoms with Gasteiger partial charge in [-0.05, 0) is 42.0 Å². The number of benzene rings is 3. The zero-order chi connectivity index (χ0) is 26.9. The van der Waals surface area contributed by atoms with Gasteiger partial charge in [-0.2, -0.15) is 23.4 Å². The summed E-state index contributed by atoms with van der Waals surface area (Å²) >= 11 is 0. The van der Waals surface area contributed by atoms with Crippen LogP contribution in [0.2, 0.25) is 0 Å². The molecule has 12 heteroatoms. The van der Waals surface area contributed by atoms with Crippen LogP contribution in [-0.4, -0.2) is 29.7 Å². The highest BCUT2D eigenvalue weighted by Crippen LogP contribution is 2.31. The summed E-state index contributed by atoms with van der Waals surface area (Å²) in [5.74, 6) is -1.69. The molecule has 0 fully saturated rings. The van der Waals surface area contributed by atoms with Crippen molar-refractivity contribution in [2.24, 2.45) is 0 Å². The molecule has 2 N–H and O–H groups in total. The lowest BCUT2D eigenvalue weighted by Crippen LogP contribution is -2.37. The fraction of sp³-hybridized carbons (Fsp3) is 0.192. The molecule has 5 aromatic rings. The molecule has 5 rings (SSSR count). The van der Waals surface area contributed by atoms with E-state index < -0.39 is 29.0 Å². The van der Waals surface area contributed by atoms with Gasteiger partial charge < -0.3 is 10.4 Å². The van der Waals surface area contributed by atoms with Gasteiger partial charge in [-0.3, -0.25) is 4.68 Å². The van der Waals surface area contributed by atoms with Crippen molar-refractivity contribution in [2.75, 3.05) is 5.32 Å². The van der Waals surface area contributed by atoms with Crippen molar-refractivity contribution in [1.82, 2.24) is 24.5 Å². The third-order valence-corrected chi connectivity index (χ3v) is 6.16. The van der Waals surface area contributed by atoms with Crippen LogP contribution in [-0.2, 0) is 31.4 Å². The predicted molar refractivity (Wildman–Crippen MR) is 129 cm³/mol. The number of aromatic nitrogens is 5. The minimum absolute atomic E-state index is 0.130. The number of rotatable bonds is 8. The van der Waals surface area contributed by atoms with Crippen molar-refractivity contribution in [3.8, 4) is 0 Å². The van der Waals surface area contributed by atoms with E-state index in [0.29, 0.717) is 22.8 Å². The van der Waals surface area contributed by atoms with E-state index in [1.54, 1.807) is 24.4 Å². The number of hydrogen-bond donors (Lipinski definition) is 2. The van der Waals surface area contributed by atoms with Gasteiger partial charge in [0.05, 0.1) is 30.4 Å². The van der Waals surface area contributed by atoms with Crippen molar-refractivity contribution in [3.63, 3.8) is 0 Å². The standard InChI is InChI=1S/C26H21F5N6O/c27-20-6-8-22(23(28)9-20)25(38,13-36-16-32-15-35-36)14-37-24-10-21(7-3-18(24)12-34-37)33-11-17-1-4-19(5-2-17)26(29,30)31/h1-10,12,15-16,33,38H,11,13-14H2. The van der Waals surface area contributed by atoms with E-state index in [1.165, 1.54) is 40.2 Å². The maximum absolute atomic E-state index is 14.8. The molecule has 38 heavy (non-hydrogen) atoms. The van der Waals surface area contributed by atoms with Crippen molar-refractivity contribution < 1.29 is 27.1 Å². The van der Waals surface area contributed by atoms with Crippen LogP contribution in [0.3, 0.4) is 0 Å². The molecule has 0 aliphatic rings. The predicted octanol–water partition coefficient (Wildman–Crippen LogP) is 5.12. The average Bonchev–Trinajstić information content (AvgIpc) is 3.52. The van der Waals surface area contributed by atoms with Crippen LogP contribution in [0.1, 0.15) is 16.7 Å². The number of fused-ring (bicyclic) bond motifs is 1. The summed E-state index contributed by atoms with van der Waals surface area (Å²) in [4.78, 5) is 3.86. The molecule has 1 atom stereocenters. The fourth-order valence-electron chi connectivity index (χ4n) is 4.24. The van der Waals surface area contributed by atoms with Gasteiger partial charge in [0.25, 0.3) is 0 Å². The van der Waals surface area contributed by atoms with Crippen LogP contribution >= 0.6 is 0 Å². The fourth-order valence-corrected chi connectivity index (χ4v) is 4.24. The minimum Gasteiger partial charge on any atom is -0.381 e. The van der Waals surface area contributed by atoms with Crippen LogP contribution in [0.15, 0.2) is 79.5 Å². The topological polar surface area (TPSA) is 80.8 Å². The van der Waals surface area contributed by atoms with E-state index >= 15 is 0 Å². The molecule has 3 aromatic carbocycles. The molecule has 0 saturated heterocycles. The first-order chi connectivity index (χ1) is 18.1. The molecule has 0 aliphatic carbocycles. The van der Waals surface area contributed by atoms with E-state index in [2.05, 4.69) is 20.5 Å². The Bertz CT molecular complexity index is 1550. The van der Waals surface area contributed by atoms with Crippen LogP contribution in [0.25, 0.3) is 10.9 Å². The highest BCUT2D eigenvalue weighted by molar-refractivity contribution is 5.82. The molecular weight excluding hydrogens is 507 g/mol. The first-order valence-corrected chi connectivity index (χ1v) is 11.5. The minimum atomic E-state index is -4.40. The molecule has 0 bridgehead atoms. The lowest BCUT2D eigenvalue weighted by molar-refractivity contribution is -0.137. The number of anilines is 1. The molecule has 0 radical (unpaired) electrons. The van der Waals surface area contributed by atoms with Crippen molar-refractivity contribution in [2.45, 2.75) is 31.4 Å². The van der Waals surface area contributed by atoms with Gasteiger partial charge in [-0.15, -0.1) is 0 Å². The smallest absolute Gasteiger partial charge is 0.381 e. The molecule has 7 nitrogen and oxygen atoms in total. The summed E-state index contributed by atoms with van der Waals surface area (Å²) < 4.78 is 69.6. The number of hydrogen-bond acceptors (Lipinski definition) is 5. The molecule has 0 aliphatic heterocycles. The maximum atomic E-state index is 14.8. The Morgan fingerprint density at radius 1 is 0.895 bits per heavy atom. The van der Waals surface area contributed by atoms with Gasteiger partial charge in [-0.1, -0.05) is 18.2 Å². The Labute approximate surface area is 213 Å². The summed E-state index contributed by atoms with van der Waals surface area (Å²) in [5.41, 5.74) is -0.791. The third kappa shape index (κ3) is 5.35. The van der Waals surface area contributed by atoms with E-state index in [1.807, 2.05) is 0 Å². The first kappa shape index (κ1) is 25.3. The van der Waals surface area contributed by atoms with Gasteiger partial charge in [0.2, 0.25) is 0 Å². The van der Waals surface area contributed by atoms with Gasteiger partial charge in [0.15, 0.2) is 0 Å². The van der Waals surface area contributed by atoms with E-state index in [0.717, 1.165) is 23.6 Å². The third-order valence-electron chi connectivity index (χ3n) is 6.16. The summed E-state index contributed by atoms with van der Waals surface area (Å²) in [5, 5.41) is 23.9. The molecule has 0 saturated carbocycles. The van der Waals surface area contributed by atoms with Crippen molar-refractivity contribution in [1.29, 1.82) is 0 Å². The molecule has 1 unspecified atom stereocenters. The van der Waals surface area contributed by atoms with Crippen LogP contribution < -0.4 is 5.32 Å². The summed E-state index contributed by atoms with van der Waals surface area (Å²) in [6, 6.07) is 13.2. The Morgan fingerprint density at radius 3 is 2.37 bits per heavy atom. The monoisotopic (exact) mass is 528 g/mol. The molecule has 2 aromatic heterocycles. The molecule has 0 spiro atoms. The van der Waals surface area contributed by atoms with E-state index in [9.17, 15) is 27.1 Å². The Hall–Kier alpha value is -4.32. The quantitative estimate of drug-likeness (QED) is 0.273. The molecule has 196 valence electrons. The normalized spacial score (nSPS) is 13.5. The number of halogens is 5. The zero-order valence-corrected chi connectivity index (χ0v) is 19.7. The van der Waals surface area contributed by atoms with Crippen molar-refractivity contribution >= 4 is 16.6 Å². The number of aliphatic hydroxyl groups is 1. The summed E-state index contributed by atoms with van der Waals surface area (Å²) in [7, 11) is 0. The largest absolute Gasteiger partial charge is 0.416 e. The molecular formula is C26H21F5N6O. The first-order valence-electron chi connectivity index (χ1n) is 11.5. The summed E-state index contributed by atoms with van der Waals surface area (Å²) in [6.07, 6.45) is -0.163. The second kappa shape index (κ2) is 9.86. The Morgan fingerprint density at radius 2 is 1.68 bits per heavy atom. The zero-order valence-electron chi connectivity index (χ0n) is 19.7. The SMILES string of the molecule is OC(Cn1cncn1)(Cn1ncc2ccc(NCc3ccc(C(F)(F)F)cc3)cc21)c1ccc(F)cc1F. The lowest BCUT2D eigenvalue weighted by atomic mass is 9.92. The van der Waals surface area contributed by atoms with Crippen LogP contribution in [0.5, 0.6) is 0 Å². The average molecular weight is 528 g/mol.